The molecule has 2 nitrogen and oxygen atoms in total. The number of benzene rings is 1. The number of nitrogens with zero attached hydrogens (tertiary/aromatic N) is 1. The summed E-state index contributed by atoms with van der Waals surface area (Å²) < 4.78 is 5.36. The van der Waals surface area contributed by atoms with Crippen LogP contribution < -0.4 is 0 Å². The number of hydrogen-bond acceptors (Lipinski definition) is 2. The highest BCUT2D eigenvalue weighted by atomic mass is 79.9. The summed E-state index contributed by atoms with van der Waals surface area (Å²) in [6, 6.07) is 10.1. The number of rotatable bonds is 3. The second-order valence-corrected chi connectivity index (χ2v) is 4.17. The topological polar surface area (TPSA) is 26.0 Å². The molecule has 0 N–H and O–H groups in total. The molecule has 0 aliphatic carbocycles. The first-order valence-corrected chi connectivity index (χ1v) is 6.01. The average molecular weight is 266 g/mol. The Bertz CT molecular complexity index is 436. The predicted octanol–water partition coefficient (Wildman–Crippen LogP) is 3.59. The van der Waals surface area contributed by atoms with Crippen LogP contribution >= 0.6 is 15.9 Å². The fraction of sp³-hybridized carbons (Fsp3) is 0.250. The Labute approximate surface area is 97.4 Å². The molecule has 3 heteroatoms. The third-order valence-electron chi connectivity index (χ3n) is 2.37. The van der Waals surface area contributed by atoms with E-state index in [2.05, 4.69) is 21.1 Å². The molecule has 0 aliphatic rings. The molecule has 0 saturated heterocycles. The van der Waals surface area contributed by atoms with E-state index in [0.29, 0.717) is 0 Å². The van der Waals surface area contributed by atoms with Crippen molar-refractivity contribution in [3.8, 4) is 11.3 Å². The first-order chi connectivity index (χ1) is 7.33. The second kappa shape index (κ2) is 4.62. The van der Waals surface area contributed by atoms with E-state index in [9.17, 15) is 0 Å². The van der Waals surface area contributed by atoms with Crippen LogP contribution in [0.5, 0.6) is 0 Å². The molecule has 2 aromatic rings. The van der Waals surface area contributed by atoms with Crippen molar-refractivity contribution in [1.82, 2.24) is 5.16 Å². The van der Waals surface area contributed by atoms with Crippen LogP contribution in [0.1, 0.15) is 11.3 Å². The fourth-order valence-electron chi connectivity index (χ4n) is 1.59. The van der Waals surface area contributed by atoms with Gasteiger partial charge in [0.1, 0.15) is 0 Å². The van der Waals surface area contributed by atoms with Gasteiger partial charge in [-0.05, 0) is 13.3 Å². The van der Waals surface area contributed by atoms with E-state index in [1.54, 1.807) is 0 Å². The molecular formula is C12H12BrNO. The molecule has 0 aliphatic heterocycles. The average Bonchev–Trinajstić information content (AvgIpc) is 2.63. The van der Waals surface area contributed by atoms with Crippen LogP contribution in [0.25, 0.3) is 11.3 Å². The van der Waals surface area contributed by atoms with E-state index in [0.717, 1.165) is 28.8 Å². The molecule has 15 heavy (non-hydrogen) atoms. The van der Waals surface area contributed by atoms with E-state index in [-0.39, 0.29) is 0 Å². The lowest BCUT2D eigenvalue weighted by Gasteiger charge is -1.99. The minimum Gasteiger partial charge on any atom is -0.356 e. The minimum atomic E-state index is 0.896. The van der Waals surface area contributed by atoms with Gasteiger partial charge in [0.2, 0.25) is 0 Å². The molecule has 0 unspecified atom stereocenters. The van der Waals surface area contributed by atoms with E-state index in [1.165, 1.54) is 5.56 Å². The monoisotopic (exact) mass is 265 g/mol. The summed E-state index contributed by atoms with van der Waals surface area (Å²) in [6.45, 7) is 1.98. The van der Waals surface area contributed by atoms with Crippen molar-refractivity contribution in [3.05, 3.63) is 41.6 Å². The van der Waals surface area contributed by atoms with Crippen molar-refractivity contribution >= 4 is 15.9 Å². The molecule has 78 valence electrons. The second-order valence-electron chi connectivity index (χ2n) is 3.38. The maximum Gasteiger partial charge on any atom is 0.170 e. The van der Waals surface area contributed by atoms with Gasteiger partial charge in [0.25, 0.3) is 0 Å². The number of hydrogen-bond donors (Lipinski definition) is 0. The van der Waals surface area contributed by atoms with Crippen LogP contribution in [0.15, 0.2) is 34.9 Å². The first-order valence-electron chi connectivity index (χ1n) is 4.89. The van der Waals surface area contributed by atoms with Gasteiger partial charge >= 0.3 is 0 Å². The largest absolute Gasteiger partial charge is 0.356 e. The Kier molecular flexibility index (Phi) is 3.21. The van der Waals surface area contributed by atoms with Gasteiger partial charge < -0.3 is 4.52 Å². The van der Waals surface area contributed by atoms with Gasteiger partial charge in [-0.1, -0.05) is 51.4 Å². The van der Waals surface area contributed by atoms with Crippen molar-refractivity contribution in [2.24, 2.45) is 0 Å². The third kappa shape index (κ3) is 2.12. The van der Waals surface area contributed by atoms with E-state index in [4.69, 9.17) is 4.52 Å². The SMILES string of the molecule is Cc1noc(-c2ccccc2)c1CCBr. The standard InChI is InChI=1S/C12H12BrNO/c1-9-11(7-8-13)12(15-14-9)10-5-3-2-4-6-10/h2-6H,7-8H2,1H3. The highest BCUT2D eigenvalue weighted by molar-refractivity contribution is 9.09. The minimum absolute atomic E-state index is 0.896. The summed E-state index contributed by atoms with van der Waals surface area (Å²) in [5.41, 5.74) is 3.26. The van der Waals surface area contributed by atoms with Gasteiger partial charge in [-0.2, -0.15) is 0 Å². The Hall–Kier alpha value is -1.09. The van der Waals surface area contributed by atoms with E-state index in [1.807, 2.05) is 37.3 Å². The quantitative estimate of drug-likeness (QED) is 0.793. The number of alkyl halides is 1. The van der Waals surface area contributed by atoms with Crippen LogP contribution in [0.3, 0.4) is 0 Å². The van der Waals surface area contributed by atoms with Gasteiger partial charge in [-0.15, -0.1) is 0 Å². The summed E-state index contributed by atoms with van der Waals surface area (Å²) in [6.07, 6.45) is 0.944. The molecular weight excluding hydrogens is 254 g/mol. The summed E-state index contributed by atoms with van der Waals surface area (Å²) in [5, 5.41) is 4.94. The van der Waals surface area contributed by atoms with Crippen LogP contribution in [0, 0.1) is 6.92 Å². The highest BCUT2D eigenvalue weighted by Gasteiger charge is 2.13. The molecule has 1 aromatic heterocycles. The molecule has 0 spiro atoms. The zero-order valence-electron chi connectivity index (χ0n) is 8.53. The molecule has 0 fully saturated rings. The Morgan fingerprint density at radius 3 is 2.67 bits per heavy atom. The highest BCUT2D eigenvalue weighted by Crippen LogP contribution is 2.26. The Morgan fingerprint density at radius 1 is 1.27 bits per heavy atom. The fourth-order valence-corrected chi connectivity index (χ4v) is 1.99. The van der Waals surface area contributed by atoms with Crippen LogP contribution in [-0.4, -0.2) is 10.5 Å². The van der Waals surface area contributed by atoms with Crippen LogP contribution in [0.4, 0.5) is 0 Å². The normalized spacial score (nSPS) is 10.5. The van der Waals surface area contributed by atoms with Crippen molar-refractivity contribution in [2.75, 3.05) is 5.33 Å². The maximum atomic E-state index is 5.36. The molecule has 0 radical (unpaired) electrons. The van der Waals surface area contributed by atoms with Gasteiger partial charge in [0.15, 0.2) is 5.76 Å². The molecule has 0 atom stereocenters. The first kappa shape index (κ1) is 10.4. The lowest BCUT2D eigenvalue weighted by Crippen LogP contribution is -1.89. The molecule has 0 amide bonds. The number of halogens is 1. The smallest absolute Gasteiger partial charge is 0.170 e. The summed E-state index contributed by atoms with van der Waals surface area (Å²) in [5.74, 6) is 0.896. The van der Waals surface area contributed by atoms with Gasteiger partial charge in [-0.3, -0.25) is 0 Å². The van der Waals surface area contributed by atoms with Crippen LogP contribution in [-0.2, 0) is 6.42 Å². The summed E-state index contributed by atoms with van der Waals surface area (Å²) in [4.78, 5) is 0. The maximum absolute atomic E-state index is 5.36. The molecule has 1 heterocycles. The summed E-state index contributed by atoms with van der Waals surface area (Å²) >= 11 is 3.44. The molecule has 0 bridgehead atoms. The van der Waals surface area contributed by atoms with Crippen molar-refractivity contribution in [1.29, 1.82) is 0 Å². The van der Waals surface area contributed by atoms with Crippen molar-refractivity contribution in [2.45, 2.75) is 13.3 Å². The summed E-state index contributed by atoms with van der Waals surface area (Å²) in [7, 11) is 0. The van der Waals surface area contributed by atoms with E-state index >= 15 is 0 Å². The van der Waals surface area contributed by atoms with Gasteiger partial charge in [-0.25, -0.2) is 0 Å². The molecule has 1 aromatic carbocycles. The number of aryl methyl sites for hydroxylation is 1. The third-order valence-corrected chi connectivity index (χ3v) is 2.76. The number of aromatic nitrogens is 1. The Balaban J connectivity index is 2.44. The van der Waals surface area contributed by atoms with E-state index < -0.39 is 0 Å². The molecule has 0 saturated carbocycles. The van der Waals surface area contributed by atoms with Crippen molar-refractivity contribution < 1.29 is 4.52 Å². The van der Waals surface area contributed by atoms with Crippen LogP contribution in [0.2, 0.25) is 0 Å². The van der Waals surface area contributed by atoms with Crippen molar-refractivity contribution in [3.63, 3.8) is 0 Å². The zero-order valence-corrected chi connectivity index (χ0v) is 10.1. The van der Waals surface area contributed by atoms with Gasteiger partial charge in [0.05, 0.1) is 5.69 Å². The lowest BCUT2D eigenvalue weighted by atomic mass is 10.1. The lowest BCUT2D eigenvalue weighted by molar-refractivity contribution is 0.426. The Morgan fingerprint density at radius 2 is 2.00 bits per heavy atom. The molecule has 2 rings (SSSR count). The van der Waals surface area contributed by atoms with Gasteiger partial charge in [0, 0.05) is 16.5 Å². The zero-order chi connectivity index (χ0) is 10.7. The predicted molar refractivity (Wildman–Crippen MR) is 64.2 cm³/mol.